The highest BCUT2D eigenvalue weighted by Gasteiger charge is 2.28. The van der Waals surface area contributed by atoms with Crippen LogP contribution < -0.4 is 9.47 Å². The average Bonchev–Trinajstić information content (AvgIpc) is 3.43. The second-order valence-corrected chi connectivity index (χ2v) is 7.79. The van der Waals surface area contributed by atoms with Crippen LogP contribution in [0.25, 0.3) is 17.0 Å². The topological polar surface area (TPSA) is 83.6 Å². The molecule has 0 atom stereocenters. The third-order valence-electron chi connectivity index (χ3n) is 5.19. The maximum absolute atomic E-state index is 12.8. The Morgan fingerprint density at radius 1 is 1.22 bits per heavy atom. The van der Waals surface area contributed by atoms with Gasteiger partial charge in [0.15, 0.2) is 10.9 Å². The van der Waals surface area contributed by atoms with Crippen molar-refractivity contribution in [3.05, 3.63) is 82.5 Å². The van der Waals surface area contributed by atoms with Crippen molar-refractivity contribution in [2.45, 2.75) is 12.8 Å². The number of carbonyl (C=O) groups excluding carboxylic acids is 2. The SMILES string of the molecule is Cn1cc(/C=C2\Oc3cc(OC(=O)CCc4cc(Cl)no4)ccc3C2=O)c2ccccc21. The van der Waals surface area contributed by atoms with E-state index in [9.17, 15) is 9.59 Å². The van der Waals surface area contributed by atoms with E-state index in [4.69, 9.17) is 25.6 Å². The van der Waals surface area contributed by atoms with Gasteiger partial charge in [-0.15, -0.1) is 0 Å². The van der Waals surface area contributed by atoms with Gasteiger partial charge in [-0.3, -0.25) is 9.59 Å². The number of carbonyl (C=O) groups is 2. The van der Waals surface area contributed by atoms with Crippen molar-refractivity contribution >= 4 is 40.3 Å². The zero-order chi connectivity index (χ0) is 22.2. The van der Waals surface area contributed by atoms with Gasteiger partial charge in [-0.05, 0) is 24.3 Å². The third-order valence-corrected chi connectivity index (χ3v) is 5.37. The van der Waals surface area contributed by atoms with E-state index in [1.54, 1.807) is 30.3 Å². The molecule has 4 aromatic rings. The van der Waals surface area contributed by atoms with Crippen molar-refractivity contribution in [3.8, 4) is 11.5 Å². The first-order valence-corrected chi connectivity index (χ1v) is 10.3. The zero-order valence-electron chi connectivity index (χ0n) is 17.0. The van der Waals surface area contributed by atoms with Gasteiger partial charge in [0.1, 0.15) is 17.3 Å². The van der Waals surface area contributed by atoms with Crippen LogP contribution >= 0.6 is 11.6 Å². The van der Waals surface area contributed by atoms with Crippen molar-refractivity contribution in [2.75, 3.05) is 0 Å². The Balaban J connectivity index is 1.32. The summed E-state index contributed by atoms with van der Waals surface area (Å²) < 4.78 is 18.1. The number of nitrogens with zero attached hydrogens (tertiary/aromatic N) is 2. The monoisotopic (exact) mass is 448 g/mol. The lowest BCUT2D eigenvalue weighted by Crippen LogP contribution is -2.08. The lowest BCUT2D eigenvalue weighted by molar-refractivity contribution is -0.134. The first kappa shape index (κ1) is 20.1. The lowest BCUT2D eigenvalue weighted by atomic mass is 10.1. The fourth-order valence-electron chi connectivity index (χ4n) is 3.67. The number of Topliss-reactive ketones (excluding diaryl/α,β-unsaturated/α-hetero) is 1. The van der Waals surface area contributed by atoms with E-state index in [1.165, 1.54) is 0 Å². The normalized spacial score (nSPS) is 14.1. The molecule has 0 bridgehead atoms. The van der Waals surface area contributed by atoms with Gasteiger partial charge in [0.05, 0.1) is 12.0 Å². The van der Waals surface area contributed by atoms with Crippen LogP contribution in [0.3, 0.4) is 0 Å². The predicted molar refractivity (Wildman–Crippen MR) is 118 cm³/mol. The molecule has 0 unspecified atom stereocenters. The summed E-state index contributed by atoms with van der Waals surface area (Å²) >= 11 is 5.70. The van der Waals surface area contributed by atoms with E-state index >= 15 is 0 Å². The fraction of sp³-hybridized carbons (Fsp3) is 0.125. The number of aryl methyl sites for hydroxylation is 2. The van der Waals surface area contributed by atoms with Gasteiger partial charge >= 0.3 is 5.97 Å². The fourth-order valence-corrected chi connectivity index (χ4v) is 3.83. The summed E-state index contributed by atoms with van der Waals surface area (Å²) in [6.45, 7) is 0. The van der Waals surface area contributed by atoms with E-state index in [0.717, 1.165) is 16.5 Å². The van der Waals surface area contributed by atoms with Crippen LogP contribution in [0.4, 0.5) is 0 Å². The van der Waals surface area contributed by atoms with Crippen molar-refractivity contribution in [3.63, 3.8) is 0 Å². The van der Waals surface area contributed by atoms with Gasteiger partial charge in [-0.25, -0.2) is 0 Å². The quantitative estimate of drug-likeness (QED) is 0.243. The molecule has 32 heavy (non-hydrogen) atoms. The number of hydrogen-bond acceptors (Lipinski definition) is 6. The van der Waals surface area contributed by atoms with Crippen molar-refractivity contribution in [1.82, 2.24) is 9.72 Å². The molecule has 0 radical (unpaired) electrons. The summed E-state index contributed by atoms with van der Waals surface area (Å²) in [4.78, 5) is 25.0. The number of fused-ring (bicyclic) bond motifs is 2. The van der Waals surface area contributed by atoms with Gasteiger partial charge in [0, 0.05) is 48.3 Å². The minimum atomic E-state index is -0.451. The maximum Gasteiger partial charge on any atom is 0.311 e. The predicted octanol–water partition coefficient (Wildman–Crippen LogP) is 4.97. The molecule has 0 spiro atoms. The molecule has 5 rings (SSSR count). The first-order chi connectivity index (χ1) is 15.5. The van der Waals surface area contributed by atoms with Crippen LogP contribution in [0, 0.1) is 0 Å². The van der Waals surface area contributed by atoms with E-state index in [1.807, 2.05) is 42.1 Å². The number of esters is 1. The van der Waals surface area contributed by atoms with E-state index in [-0.39, 0.29) is 23.1 Å². The molecule has 1 aliphatic rings. The summed E-state index contributed by atoms with van der Waals surface area (Å²) in [6, 6.07) is 14.2. The molecule has 0 saturated heterocycles. The molecule has 0 N–H and O–H groups in total. The smallest absolute Gasteiger partial charge is 0.311 e. The molecule has 0 aliphatic carbocycles. The largest absolute Gasteiger partial charge is 0.452 e. The van der Waals surface area contributed by atoms with Gasteiger partial charge in [-0.1, -0.05) is 35.0 Å². The highest BCUT2D eigenvalue weighted by Crippen LogP contribution is 2.36. The number of benzene rings is 2. The zero-order valence-corrected chi connectivity index (χ0v) is 17.8. The van der Waals surface area contributed by atoms with Crippen molar-refractivity contribution < 1.29 is 23.6 Å². The number of allylic oxidation sites excluding steroid dienone is 1. The van der Waals surface area contributed by atoms with Crippen LogP contribution in [0.1, 0.15) is 28.1 Å². The number of aromatic nitrogens is 2. The van der Waals surface area contributed by atoms with E-state index in [2.05, 4.69) is 5.16 Å². The number of ketones is 1. The Morgan fingerprint density at radius 2 is 2.06 bits per heavy atom. The number of ether oxygens (including phenoxy) is 2. The highest BCUT2D eigenvalue weighted by molar-refractivity contribution is 6.29. The minimum absolute atomic E-state index is 0.0919. The lowest BCUT2D eigenvalue weighted by Gasteiger charge is -2.05. The van der Waals surface area contributed by atoms with Crippen LogP contribution in [-0.2, 0) is 18.3 Å². The third kappa shape index (κ3) is 3.78. The Hall–Kier alpha value is -3.84. The Kier molecular flexibility index (Phi) is 5.03. The molecule has 0 fully saturated rings. The number of halogens is 1. The van der Waals surface area contributed by atoms with Crippen LogP contribution in [-0.4, -0.2) is 21.5 Å². The van der Waals surface area contributed by atoms with E-state index in [0.29, 0.717) is 29.2 Å². The number of para-hydroxylation sites is 1. The van der Waals surface area contributed by atoms with Gasteiger partial charge in [0.2, 0.25) is 5.78 Å². The maximum atomic E-state index is 12.8. The molecule has 0 amide bonds. The van der Waals surface area contributed by atoms with E-state index < -0.39 is 5.97 Å². The summed E-state index contributed by atoms with van der Waals surface area (Å²) in [7, 11) is 1.95. The molecule has 2 aromatic heterocycles. The summed E-state index contributed by atoms with van der Waals surface area (Å²) in [6.07, 6.45) is 4.09. The molecule has 8 heteroatoms. The molecule has 7 nitrogen and oxygen atoms in total. The van der Waals surface area contributed by atoms with Crippen LogP contribution in [0.15, 0.2) is 65.0 Å². The minimum Gasteiger partial charge on any atom is -0.452 e. The van der Waals surface area contributed by atoms with Gasteiger partial charge in [-0.2, -0.15) is 0 Å². The summed E-state index contributed by atoms with van der Waals surface area (Å²) in [5.74, 6) is 0.707. The Bertz CT molecular complexity index is 1400. The molecule has 1 aliphatic heterocycles. The molecule has 160 valence electrons. The number of rotatable bonds is 5. The molecule has 3 heterocycles. The average molecular weight is 449 g/mol. The molecule has 2 aromatic carbocycles. The Labute approximate surface area is 187 Å². The van der Waals surface area contributed by atoms with Crippen LogP contribution in [0.5, 0.6) is 11.5 Å². The Morgan fingerprint density at radius 3 is 2.88 bits per heavy atom. The van der Waals surface area contributed by atoms with Crippen molar-refractivity contribution in [1.29, 1.82) is 0 Å². The molecular weight excluding hydrogens is 432 g/mol. The first-order valence-electron chi connectivity index (χ1n) is 9.92. The summed E-state index contributed by atoms with van der Waals surface area (Å²) in [5, 5.41) is 4.83. The molecule has 0 saturated carbocycles. The highest BCUT2D eigenvalue weighted by atomic mass is 35.5. The van der Waals surface area contributed by atoms with Gasteiger partial charge < -0.3 is 18.6 Å². The molecular formula is C24H17ClN2O5. The van der Waals surface area contributed by atoms with Crippen molar-refractivity contribution in [2.24, 2.45) is 7.05 Å². The summed E-state index contributed by atoms with van der Waals surface area (Å²) in [5.41, 5.74) is 2.37. The van der Waals surface area contributed by atoms with Crippen LogP contribution in [0.2, 0.25) is 5.15 Å². The number of hydrogen-bond donors (Lipinski definition) is 0. The van der Waals surface area contributed by atoms with Gasteiger partial charge in [0.25, 0.3) is 0 Å². The standard InChI is InChI=1S/C24H17ClN2O5/c1-27-13-14(17-4-2-3-5-19(17)27)10-21-24(29)18-8-6-15(11-20(18)31-21)30-23(28)9-7-16-12-22(25)26-32-16/h2-6,8,10-13H,7,9H2,1H3/b21-10-. The second-order valence-electron chi connectivity index (χ2n) is 7.40. The second kappa shape index (κ2) is 8.01.